The summed E-state index contributed by atoms with van der Waals surface area (Å²) in [5.41, 5.74) is 2.33. The Kier molecular flexibility index (Phi) is 4.29. The van der Waals surface area contributed by atoms with Crippen LogP contribution in [-0.4, -0.2) is 5.78 Å². The maximum absolute atomic E-state index is 11.4. The van der Waals surface area contributed by atoms with E-state index in [1.165, 1.54) is 5.57 Å². The van der Waals surface area contributed by atoms with E-state index < -0.39 is 0 Å². The maximum Gasteiger partial charge on any atom is 0.156 e. The molecule has 0 aromatic carbocycles. The molecule has 1 aliphatic rings. The monoisotopic (exact) mass is 202 g/mol. The van der Waals surface area contributed by atoms with Gasteiger partial charge in [-0.3, -0.25) is 4.79 Å². The van der Waals surface area contributed by atoms with Crippen LogP contribution in [0.3, 0.4) is 0 Å². The number of ketones is 1. The molecular weight excluding hydrogens is 184 g/mol. The van der Waals surface area contributed by atoms with Crippen LogP contribution in [0.25, 0.3) is 0 Å². The van der Waals surface area contributed by atoms with Crippen LogP contribution in [-0.2, 0) is 4.79 Å². The first kappa shape index (κ1) is 11.7. The molecule has 15 heavy (non-hydrogen) atoms. The van der Waals surface area contributed by atoms with E-state index in [0.717, 1.165) is 12.0 Å². The van der Waals surface area contributed by atoms with Gasteiger partial charge in [0, 0.05) is 6.42 Å². The molecular formula is C14H18O. The second-order valence-electron chi connectivity index (χ2n) is 3.96. The molecule has 0 N–H and O–H groups in total. The number of carbonyl (C=O) groups excluding carboxylic acids is 1. The third kappa shape index (κ3) is 3.35. The minimum atomic E-state index is 0.233. The highest BCUT2D eigenvalue weighted by atomic mass is 16.1. The number of hydrogen-bond donors (Lipinski definition) is 0. The van der Waals surface area contributed by atoms with Gasteiger partial charge in [0.25, 0.3) is 0 Å². The smallest absolute Gasteiger partial charge is 0.156 e. The van der Waals surface area contributed by atoms with Crippen molar-refractivity contribution in [2.75, 3.05) is 0 Å². The van der Waals surface area contributed by atoms with Gasteiger partial charge >= 0.3 is 0 Å². The highest BCUT2D eigenvalue weighted by molar-refractivity contribution is 5.91. The molecule has 0 saturated carbocycles. The molecule has 1 unspecified atom stereocenters. The highest BCUT2D eigenvalue weighted by Crippen LogP contribution is 2.28. The van der Waals surface area contributed by atoms with E-state index in [2.05, 4.69) is 6.58 Å². The molecule has 1 aliphatic carbocycles. The molecule has 1 atom stereocenters. The van der Waals surface area contributed by atoms with Crippen molar-refractivity contribution >= 4 is 5.78 Å². The van der Waals surface area contributed by atoms with Crippen LogP contribution in [0.15, 0.2) is 48.1 Å². The Morgan fingerprint density at radius 1 is 1.53 bits per heavy atom. The molecule has 0 bridgehead atoms. The van der Waals surface area contributed by atoms with E-state index in [0.29, 0.717) is 12.3 Å². The Hall–Kier alpha value is -1.37. The van der Waals surface area contributed by atoms with Gasteiger partial charge in [0.05, 0.1) is 0 Å². The lowest BCUT2D eigenvalue weighted by atomic mass is 9.83. The summed E-state index contributed by atoms with van der Waals surface area (Å²) in [7, 11) is 0. The Bertz CT molecular complexity index is 342. The molecule has 0 heterocycles. The van der Waals surface area contributed by atoms with Crippen molar-refractivity contribution in [3.05, 3.63) is 48.1 Å². The molecule has 0 aromatic heterocycles. The molecule has 0 radical (unpaired) electrons. The number of hydrogen-bond acceptors (Lipinski definition) is 1. The summed E-state index contributed by atoms with van der Waals surface area (Å²) < 4.78 is 0. The van der Waals surface area contributed by atoms with Crippen molar-refractivity contribution in [3.8, 4) is 0 Å². The Balaban J connectivity index is 2.83. The van der Waals surface area contributed by atoms with Gasteiger partial charge in [0.15, 0.2) is 5.78 Å². The molecule has 0 fully saturated rings. The summed E-state index contributed by atoms with van der Waals surface area (Å²) >= 11 is 0. The van der Waals surface area contributed by atoms with Gasteiger partial charge in [0.2, 0.25) is 0 Å². The Morgan fingerprint density at radius 3 is 2.80 bits per heavy atom. The van der Waals surface area contributed by atoms with Crippen molar-refractivity contribution in [2.24, 2.45) is 5.92 Å². The van der Waals surface area contributed by atoms with Gasteiger partial charge in [-0.25, -0.2) is 0 Å². The van der Waals surface area contributed by atoms with Gasteiger partial charge in [0.1, 0.15) is 0 Å². The summed E-state index contributed by atoms with van der Waals surface area (Å²) in [6.07, 6.45) is 11.2. The molecule has 0 saturated heterocycles. The second-order valence-corrected chi connectivity index (χ2v) is 3.96. The van der Waals surface area contributed by atoms with Gasteiger partial charge < -0.3 is 0 Å². The van der Waals surface area contributed by atoms with Crippen molar-refractivity contribution in [3.63, 3.8) is 0 Å². The fourth-order valence-electron chi connectivity index (χ4n) is 1.91. The molecule has 1 heteroatoms. The lowest BCUT2D eigenvalue weighted by Crippen LogP contribution is -2.14. The maximum atomic E-state index is 11.4. The standard InChI is InChI=1S/C14H18O/c1-4-6-7-12(5-2)13-8-11(3)9-14(15)10-13/h4-7,9,13H,2,8,10H2,1,3H3/b6-4-,12-7+. The summed E-state index contributed by atoms with van der Waals surface area (Å²) in [6.45, 7) is 7.80. The quantitative estimate of drug-likeness (QED) is 0.639. The lowest BCUT2D eigenvalue weighted by molar-refractivity contribution is -0.115. The van der Waals surface area contributed by atoms with Gasteiger partial charge in [-0.15, -0.1) is 0 Å². The van der Waals surface area contributed by atoms with Gasteiger partial charge in [-0.1, -0.05) is 36.5 Å². The average molecular weight is 202 g/mol. The van der Waals surface area contributed by atoms with Gasteiger partial charge in [-0.05, 0) is 37.8 Å². The third-order valence-corrected chi connectivity index (χ3v) is 2.61. The zero-order valence-corrected chi connectivity index (χ0v) is 9.49. The lowest BCUT2D eigenvalue weighted by Gasteiger charge is -2.21. The zero-order chi connectivity index (χ0) is 11.3. The van der Waals surface area contributed by atoms with Crippen molar-refractivity contribution in [1.29, 1.82) is 0 Å². The van der Waals surface area contributed by atoms with Crippen LogP contribution < -0.4 is 0 Å². The first-order valence-electron chi connectivity index (χ1n) is 5.32. The van der Waals surface area contributed by atoms with E-state index in [-0.39, 0.29) is 5.78 Å². The van der Waals surface area contributed by atoms with Crippen LogP contribution in [0.1, 0.15) is 26.7 Å². The minimum Gasteiger partial charge on any atom is -0.295 e. The van der Waals surface area contributed by atoms with Crippen molar-refractivity contribution in [1.82, 2.24) is 0 Å². The number of rotatable bonds is 3. The van der Waals surface area contributed by atoms with E-state index in [4.69, 9.17) is 0 Å². The molecule has 0 aliphatic heterocycles. The first-order chi connectivity index (χ1) is 7.17. The van der Waals surface area contributed by atoms with E-state index in [1.807, 2.05) is 38.2 Å². The summed E-state index contributed by atoms with van der Waals surface area (Å²) in [6, 6.07) is 0. The van der Waals surface area contributed by atoms with Crippen molar-refractivity contribution in [2.45, 2.75) is 26.7 Å². The van der Waals surface area contributed by atoms with Crippen LogP contribution in [0.2, 0.25) is 0 Å². The molecule has 0 aromatic rings. The normalized spacial score (nSPS) is 23.1. The summed E-state index contributed by atoms with van der Waals surface area (Å²) in [4.78, 5) is 11.4. The number of carbonyl (C=O) groups is 1. The summed E-state index contributed by atoms with van der Waals surface area (Å²) in [5, 5.41) is 0. The van der Waals surface area contributed by atoms with E-state index >= 15 is 0 Å². The predicted molar refractivity (Wildman–Crippen MR) is 64.6 cm³/mol. The zero-order valence-electron chi connectivity index (χ0n) is 9.49. The van der Waals surface area contributed by atoms with Crippen LogP contribution in [0, 0.1) is 5.92 Å². The largest absolute Gasteiger partial charge is 0.295 e. The topological polar surface area (TPSA) is 17.1 Å². The van der Waals surface area contributed by atoms with E-state index in [9.17, 15) is 4.79 Å². The molecule has 1 nitrogen and oxygen atoms in total. The Labute approximate surface area is 91.9 Å². The molecule has 0 spiro atoms. The summed E-state index contributed by atoms with van der Waals surface area (Å²) in [5.74, 6) is 0.549. The van der Waals surface area contributed by atoms with Crippen molar-refractivity contribution < 1.29 is 4.79 Å². The first-order valence-corrected chi connectivity index (χ1v) is 5.32. The van der Waals surface area contributed by atoms with Crippen LogP contribution >= 0.6 is 0 Å². The molecule has 0 amide bonds. The SMILES string of the molecule is C=C/C(=C\C=C/C)C1CC(=O)C=C(C)C1. The number of allylic oxidation sites excluding steroid dienone is 7. The second kappa shape index (κ2) is 5.50. The van der Waals surface area contributed by atoms with Crippen LogP contribution in [0.4, 0.5) is 0 Å². The average Bonchev–Trinajstić information content (AvgIpc) is 2.17. The van der Waals surface area contributed by atoms with E-state index in [1.54, 1.807) is 6.08 Å². The fraction of sp³-hybridized carbons (Fsp3) is 0.357. The van der Waals surface area contributed by atoms with Crippen LogP contribution in [0.5, 0.6) is 0 Å². The third-order valence-electron chi connectivity index (χ3n) is 2.61. The molecule has 80 valence electrons. The fourth-order valence-corrected chi connectivity index (χ4v) is 1.91. The predicted octanol–water partition coefficient (Wildman–Crippen LogP) is 3.60. The highest BCUT2D eigenvalue weighted by Gasteiger charge is 2.20. The Morgan fingerprint density at radius 2 is 2.27 bits per heavy atom. The minimum absolute atomic E-state index is 0.233. The molecule has 1 rings (SSSR count). The van der Waals surface area contributed by atoms with Gasteiger partial charge in [-0.2, -0.15) is 0 Å².